The average Bonchev–Trinajstić information content (AvgIpc) is 3.33. The minimum atomic E-state index is -0.894. The topological polar surface area (TPSA) is 112 Å². The number of carbonyl (C=O) groups excluding carboxylic acids is 3. The highest BCUT2D eigenvalue weighted by molar-refractivity contribution is 5.93. The van der Waals surface area contributed by atoms with E-state index in [1.54, 1.807) is 16.7 Å². The molecule has 0 N–H and O–H groups in total. The van der Waals surface area contributed by atoms with Crippen LogP contribution in [0.3, 0.4) is 0 Å². The van der Waals surface area contributed by atoms with E-state index in [1.807, 2.05) is 84.3 Å². The van der Waals surface area contributed by atoms with Gasteiger partial charge in [-0.2, -0.15) is 5.10 Å². The van der Waals surface area contributed by atoms with Crippen molar-refractivity contribution in [2.75, 3.05) is 26.2 Å². The van der Waals surface area contributed by atoms with Crippen LogP contribution < -0.4 is 4.74 Å². The van der Waals surface area contributed by atoms with E-state index in [9.17, 15) is 14.4 Å². The summed E-state index contributed by atoms with van der Waals surface area (Å²) in [6.45, 7) is 18.4. The zero-order chi connectivity index (χ0) is 32.9. The Balaban J connectivity index is 1.55. The number of ether oxygens (including phenoxy) is 4. The first kappa shape index (κ1) is 32.6. The summed E-state index contributed by atoms with van der Waals surface area (Å²) in [6, 6.07) is 7.55. The van der Waals surface area contributed by atoms with Crippen LogP contribution in [0.25, 0.3) is 11.3 Å². The van der Waals surface area contributed by atoms with E-state index in [0.29, 0.717) is 68.0 Å². The maximum Gasteiger partial charge on any atom is 0.410 e. The fourth-order valence-corrected chi connectivity index (χ4v) is 6.69. The summed E-state index contributed by atoms with van der Waals surface area (Å²) >= 11 is 0. The molecular formula is C34H48N4O7. The van der Waals surface area contributed by atoms with Gasteiger partial charge in [0.1, 0.15) is 28.2 Å². The van der Waals surface area contributed by atoms with Crippen molar-refractivity contribution in [3.8, 4) is 17.0 Å². The molecule has 2 amide bonds. The van der Waals surface area contributed by atoms with Gasteiger partial charge in [-0.3, -0.25) is 4.68 Å². The highest BCUT2D eigenvalue weighted by Crippen LogP contribution is 2.52. The molecule has 11 heteroatoms. The lowest BCUT2D eigenvalue weighted by atomic mass is 9.79. The number of likely N-dealkylation sites (tertiary alicyclic amines) is 2. The van der Waals surface area contributed by atoms with Gasteiger partial charge in [-0.1, -0.05) is 12.1 Å². The molecule has 3 aliphatic heterocycles. The SMILES string of the molecule is CCOC(=O)c1c2c(nn1C1CCN(C(=O)OC(C)(C)C)C(C)(C)C1)-c1ccccc1OC21CCN(C(=O)OC(C)(C)C)CC1. The number of hydrogen-bond acceptors (Lipinski definition) is 8. The molecule has 2 saturated heterocycles. The zero-order valence-electron chi connectivity index (χ0n) is 28.2. The fraction of sp³-hybridized carbons (Fsp3) is 0.647. The van der Waals surface area contributed by atoms with E-state index in [0.717, 1.165) is 5.56 Å². The smallest absolute Gasteiger partial charge is 0.410 e. The molecule has 246 valence electrons. The van der Waals surface area contributed by atoms with Crippen molar-refractivity contribution in [3.63, 3.8) is 0 Å². The predicted molar refractivity (Wildman–Crippen MR) is 168 cm³/mol. The summed E-state index contributed by atoms with van der Waals surface area (Å²) in [4.78, 5) is 43.4. The molecule has 4 heterocycles. The van der Waals surface area contributed by atoms with Crippen LogP contribution in [-0.2, 0) is 19.8 Å². The summed E-state index contributed by atoms with van der Waals surface area (Å²) in [5, 5.41) is 5.16. The maximum atomic E-state index is 13.9. The van der Waals surface area contributed by atoms with Gasteiger partial charge < -0.3 is 28.7 Å². The molecule has 0 aliphatic carbocycles. The Hall–Kier alpha value is -3.76. The Labute approximate surface area is 266 Å². The van der Waals surface area contributed by atoms with Crippen molar-refractivity contribution in [1.29, 1.82) is 0 Å². The Bertz CT molecular complexity index is 1460. The molecule has 1 aromatic heterocycles. The van der Waals surface area contributed by atoms with Crippen LogP contribution in [0.15, 0.2) is 24.3 Å². The lowest BCUT2D eigenvalue weighted by Gasteiger charge is -2.46. The van der Waals surface area contributed by atoms with Crippen LogP contribution in [0.5, 0.6) is 5.75 Å². The van der Waals surface area contributed by atoms with Crippen molar-refractivity contribution < 1.29 is 33.3 Å². The molecule has 0 bridgehead atoms. The van der Waals surface area contributed by atoms with Crippen LogP contribution >= 0.6 is 0 Å². The van der Waals surface area contributed by atoms with E-state index in [4.69, 9.17) is 24.0 Å². The summed E-state index contributed by atoms with van der Waals surface area (Å²) < 4.78 is 25.7. The van der Waals surface area contributed by atoms with Gasteiger partial charge in [0.15, 0.2) is 5.69 Å². The first-order chi connectivity index (χ1) is 20.9. The van der Waals surface area contributed by atoms with E-state index < -0.39 is 28.3 Å². The highest BCUT2D eigenvalue weighted by Gasteiger charge is 2.51. The van der Waals surface area contributed by atoms with E-state index >= 15 is 0 Å². The Kier molecular flexibility index (Phi) is 8.38. The molecule has 1 unspecified atom stereocenters. The monoisotopic (exact) mass is 624 g/mol. The van der Waals surface area contributed by atoms with Crippen molar-refractivity contribution in [2.45, 2.75) is 116 Å². The third-order valence-electron chi connectivity index (χ3n) is 8.62. The number of rotatable bonds is 3. The van der Waals surface area contributed by atoms with Gasteiger partial charge in [-0.25, -0.2) is 14.4 Å². The van der Waals surface area contributed by atoms with Crippen LogP contribution in [0.4, 0.5) is 9.59 Å². The molecule has 11 nitrogen and oxygen atoms in total. The van der Waals surface area contributed by atoms with Crippen LogP contribution in [0.1, 0.15) is 110 Å². The standard InChI is InChI=1S/C34H48N4O7/c1-10-42-28(39)27-25-26(35-38(27)22-15-18-37(33(8,9)21-22)30(41)45-32(5,6)7)23-13-11-12-14-24(23)43-34(25)16-19-36(20-17-34)29(40)44-31(2,3)4/h11-14,22H,10,15-21H2,1-9H3. The Morgan fingerprint density at radius 1 is 0.956 bits per heavy atom. The van der Waals surface area contributed by atoms with E-state index in [-0.39, 0.29) is 24.8 Å². The van der Waals surface area contributed by atoms with Crippen molar-refractivity contribution >= 4 is 18.2 Å². The highest BCUT2D eigenvalue weighted by atomic mass is 16.6. The molecule has 1 spiro atoms. The summed E-state index contributed by atoms with van der Waals surface area (Å²) in [5.41, 5.74) is -0.0906. The normalized spacial score (nSPS) is 20.5. The molecule has 2 fully saturated rings. The predicted octanol–water partition coefficient (Wildman–Crippen LogP) is 6.70. The first-order valence-corrected chi connectivity index (χ1v) is 16.0. The first-order valence-electron chi connectivity index (χ1n) is 16.0. The number of aromatic nitrogens is 2. The third kappa shape index (κ3) is 6.49. The largest absolute Gasteiger partial charge is 0.482 e. The van der Waals surface area contributed by atoms with Gasteiger partial charge in [0.2, 0.25) is 0 Å². The Morgan fingerprint density at radius 3 is 2.18 bits per heavy atom. The van der Waals surface area contributed by atoms with Gasteiger partial charge >= 0.3 is 18.2 Å². The molecule has 1 aromatic carbocycles. The second-order valence-corrected chi connectivity index (χ2v) is 14.9. The second-order valence-electron chi connectivity index (χ2n) is 14.9. The lowest BCUT2D eigenvalue weighted by Crippen LogP contribution is -2.54. The van der Waals surface area contributed by atoms with Crippen molar-refractivity contribution in [1.82, 2.24) is 19.6 Å². The lowest BCUT2D eigenvalue weighted by molar-refractivity contribution is -0.0226. The summed E-state index contributed by atoms with van der Waals surface area (Å²) in [6.07, 6.45) is 1.32. The quantitative estimate of drug-likeness (QED) is 0.274. The summed E-state index contributed by atoms with van der Waals surface area (Å²) in [5.74, 6) is 0.228. The summed E-state index contributed by atoms with van der Waals surface area (Å²) in [7, 11) is 0. The molecule has 3 aliphatic rings. The molecular weight excluding hydrogens is 576 g/mol. The number of esters is 1. The van der Waals surface area contributed by atoms with Crippen LogP contribution in [0, 0.1) is 0 Å². The van der Waals surface area contributed by atoms with E-state index in [2.05, 4.69) is 0 Å². The number of nitrogens with zero attached hydrogens (tertiary/aromatic N) is 4. The number of hydrogen-bond donors (Lipinski definition) is 0. The van der Waals surface area contributed by atoms with E-state index in [1.165, 1.54) is 0 Å². The molecule has 0 saturated carbocycles. The number of benzene rings is 1. The number of carbonyl (C=O) groups is 3. The van der Waals surface area contributed by atoms with Gasteiger partial charge in [-0.15, -0.1) is 0 Å². The van der Waals surface area contributed by atoms with Crippen molar-refractivity contribution in [3.05, 3.63) is 35.5 Å². The number of fused-ring (bicyclic) bond motifs is 4. The van der Waals surface area contributed by atoms with Gasteiger partial charge in [-0.05, 0) is 87.3 Å². The number of piperidine rings is 2. The van der Waals surface area contributed by atoms with Crippen LogP contribution in [-0.4, -0.2) is 80.7 Å². The molecule has 5 rings (SSSR count). The average molecular weight is 625 g/mol. The van der Waals surface area contributed by atoms with Crippen molar-refractivity contribution in [2.24, 2.45) is 0 Å². The second kappa shape index (κ2) is 11.6. The number of para-hydroxylation sites is 1. The minimum absolute atomic E-state index is 0.185. The molecule has 2 aromatic rings. The van der Waals surface area contributed by atoms with Gasteiger partial charge in [0.05, 0.1) is 18.2 Å². The molecule has 0 radical (unpaired) electrons. The Morgan fingerprint density at radius 2 is 1.58 bits per heavy atom. The molecule has 45 heavy (non-hydrogen) atoms. The molecule has 1 atom stereocenters. The van der Waals surface area contributed by atoms with Gasteiger partial charge in [0.25, 0.3) is 0 Å². The fourth-order valence-electron chi connectivity index (χ4n) is 6.69. The zero-order valence-corrected chi connectivity index (χ0v) is 28.2. The van der Waals surface area contributed by atoms with Gasteiger partial charge in [0, 0.05) is 43.6 Å². The third-order valence-corrected chi connectivity index (χ3v) is 8.62. The van der Waals surface area contributed by atoms with Crippen LogP contribution in [0.2, 0.25) is 0 Å². The number of amides is 2. The minimum Gasteiger partial charge on any atom is -0.482 e. The maximum absolute atomic E-state index is 13.9.